The Balaban J connectivity index is 2.60. The summed E-state index contributed by atoms with van der Waals surface area (Å²) in [6.45, 7) is 0. The van der Waals surface area contributed by atoms with Crippen LogP contribution in [-0.2, 0) is 0 Å². The van der Waals surface area contributed by atoms with Crippen LogP contribution in [0.15, 0.2) is 42.5 Å². The van der Waals surface area contributed by atoms with E-state index < -0.39 is 0 Å². The Kier molecular flexibility index (Phi) is 3.19. The Bertz CT molecular complexity index is 521. The van der Waals surface area contributed by atoms with Gasteiger partial charge in [-0.05, 0) is 24.3 Å². The van der Waals surface area contributed by atoms with Gasteiger partial charge >= 0.3 is 0 Å². The van der Waals surface area contributed by atoms with Crippen molar-refractivity contribution in [2.24, 2.45) is 0 Å². The highest BCUT2D eigenvalue weighted by molar-refractivity contribution is 5.76. The van der Waals surface area contributed by atoms with E-state index in [9.17, 15) is 5.11 Å². The minimum atomic E-state index is 0.221. The summed E-state index contributed by atoms with van der Waals surface area (Å²) < 4.78 is 10.5. The van der Waals surface area contributed by atoms with Gasteiger partial charge in [0.2, 0.25) is 0 Å². The summed E-state index contributed by atoms with van der Waals surface area (Å²) >= 11 is 0. The lowest BCUT2D eigenvalue weighted by Crippen LogP contribution is -1.90. The zero-order chi connectivity index (χ0) is 12.3. The van der Waals surface area contributed by atoms with E-state index in [0.717, 1.165) is 16.9 Å². The van der Waals surface area contributed by atoms with Crippen LogP contribution < -0.4 is 9.47 Å². The van der Waals surface area contributed by atoms with Crippen molar-refractivity contribution in [1.29, 1.82) is 0 Å². The molecule has 0 spiro atoms. The number of benzene rings is 2. The molecule has 0 radical (unpaired) electrons. The normalized spacial score (nSPS) is 10.0. The molecule has 17 heavy (non-hydrogen) atoms. The smallest absolute Gasteiger partial charge is 0.127 e. The fourth-order valence-corrected chi connectivity index (χ4v) is 1.73. The Labute approximate surface area is 100 Å². The first-order valence-electron chi connectivity index (χ1n) is 5.26. The maximum absolute atomic E-state index is 9.85. The topological polar surface area (TPSA) is 38.7 Å². The Hall–Kier alpha value is -2.16. The van der Waals surface area contributed by atoms with Crippen molar-refractivity contribution >= 4 is 0 Å². The fourth-order valence-electron chi connectivity index (χ4n) is 1.73. The largest absolute Gasteiger partial charge is 0.507 e. The second kappa shape index (κ2) is 4.78. The molecule has 0 aliphatic carbocycles. The molecule has 2 aromatic rings. The van der Waals surface area contributed by atoms with E-state index in [4.69, 9.17) is 9.47 Å². The third kappa shape index (κ3) is 2.18. The zero-order valence-electron chi connectivity index (χ0n) is 9.81. The van der Waals surface area contributed by atoms with Crippen LogP contribution in [0.25, 0.3) is 11.1 Å². The number of methoxy groups -OCH3 is 2. The second-order valence-corrected chi connectivity index (χ2v) is 3.58. The molecule has 0 amide bonds. The van der Waals surface area contributed by atoms with Crippen molar-refractivity contribution in [2.75, 3.05) is 14.2 Å². The predicted molar refractivity (Wildman–Crippen MR) is 66.6 cm³/mol. The van der Waals surface area contributed by atoms with Gasteiger partial charge in [0, 0.05) is 11.1 Å². The molecule has 88 valence electrons. The molecule has 3 heteroatoms. The van der Waals surface area contributed by atoms with E-state index in [-0.39, 0.29) is 5.75 Å². The third-order valence-electron chi connectivity index (χ3n) is 2.60. The van der Waals surface area contributed by atoms with E-state index in [1.807, 2.05) is 30.3 Å². The lowest BCUT2D eigenvalue weighted by atomic mass is 10.0. The van der Waals surface area contributed by atoms with Gasteiger partial charge in [-0.1, -0.05) is 18.2 Å². The molecule has 1 N–H and O–H groups in total. The van der Waals surface area contributed by atoms with Crippen molar-refractivity contribution in [3.05, 3.63) is 42.5 Å². The van der Waals surface area contributed by atoms with Crippen LogP contribution >= 0.6 is 0 Å². The standard InChI is InChI=1S/C14H14O3/c1-16-10-7-8-14(17-2)12(9-10)11-5-3-4-6-13(11)15/h3-9,15H,1-2H3. The minimum absolute atomic E-state index is 0.221. The first kappa shape index (κ1) is 11.3. The average molecular weight is 230 g/mol. The van der Waals surface area contributed by atoms with Crippen molar-refractivity contribution in [2.45, 2.75) is 0 Å². The third-order valence-corrected chi connectivity index (χ3v) is 2.60. The van der Waals surface area contributed by atoms with Gasteiger partial charge in [0.15, 0.2) is 0 Å². The Morgan fingerprint density at radius 2 is 1.65 bits per heavy atom. The van der Waals surface area contributed by atoms with E-state index >= 15 is 0 Å². The molecule has 0 heterocycles. The molecular weight excluding hydrogens is 216 g/mol. The summed E-state index contributed by atoms with van der Waals surface area (Å²) in [5, 5.41) is 9.85. The summed E-state index contributed by atoms with van der Waals surface area (Å²) in [4.78, 5) is 0. The highest BCUT2D eigenvalue weighted by Crippen LogP contribution is 2.37. The van der Waals surface area contributed by atoms with Gasteiger partial charge in [-0.3, -0.25) is 0 Å². The molecule has 0 atom stereocenters. The van der Waals surface area contributed by atoms with Crippen LogP contribution in [0.3, 0.4) is 0 Å². The van der Waals surface area contributed by atoms with E-state index in [1.54, 1.807) is 26.4 Å². The molecular formula is C14H14O3. The summed E-state index contributed by atoms with van der Waals surface area (Å²) in [5.74, 6) is 1.65. The van der Waals surface area contributed by atoms with Gasteiger partial charge in [0.05, 0.1) is 14.2 Å². The lowest BCUT2D eigenvalue weighted by molar-refractivity contribution is 0.404. The van der Waals surface area contributed by atoms with Crippen LogP contribution in [-0.4, -0.2) is 19.3 Å². The second-order valence-electron chi connectivity index (χ2n) is 3.58. The Morgan fingerprint density at radius 1 is 0.882 bits per heavy atom. The van der Waals surface area contributed by atoms with Crippen molar-refractivity contribution in [3.8, 4) is 28.4 Å². The molecule has 0 bridgehead atoms. The van der Waals surface area contributed by atoms with Crippen LogP contribution in [0.1, 0.15) is 0 Å². The van der Waals surface area contributed by atoms with Crippen LogP contribution in [0, 0.1) is 0 Å². The number of phenolic OH excluding ortho intramolecular Hbond substituents is 1. The van der Waals surface area contributed by atoms with E-state index in [1.165, 1.54) is 0 Å². The van der Waals surface area contributed by atoms with Gasteiger partial charge in [0.1, 0.15) is 17.2 Å². The molecule has 3 nitrogen and oxygen atoms in total. The molecule has 0 aromatic heterocycles. The summed E-state index contributed by atoms with van der Waals surface area (Å²) in [6.07, 6.45) is 0. The van der Waals surface area contributed by atoms with Crippen LogP contribution in [0.2, 0.25) is 0 Å². The maximum Gasteiger partial charge on any atom is 0.127 e. The monoisotopic (exact) mass is 230 g/mol. The number of hydrogen-bond acceptors (Lipinski definition) is 3. The van der Waals surface area contributed by atoms with Crippen molar-refractivity contribution in [1.82, 2.24) is 0 Å². The SMILES string of the molecule is COc1ccc(OC)c(-c2ccccc2O)c1. The first-order chi connectivity index (χ1) is 8.26. The van der Waals surface area contributed by atoms with E-state index in [2.05, 4.69) is 0 Å². The molecule has 2 rings (SSSR count). The molecule has 0 fully saturated rings. The van der Waals surface area contributed by atoms with Crippen molar-refractivity contribution < 1.29 is 14.6 Å². The number of ether oxygens (including phenoxy) is 2. The van der Waals surface area contributed by atoms with Crippen LogP contribution in [0.5, 0.6) is 17.2 Å². The fraction of sp³-hybridized carbons (Fsp3) is 0.143. The number of para-hydroxylation sites is 1. The van der Waals surface area contributed by atoms with E-state index in [0.29, 0.717) is 5.75 Å². The molecule has 0 aliphatic rings. The number of hydrogen-bond donors (Lipinski definition) is 1. The quantitative estimate of drug-likeness (QED) is 0.880. The molecule has 0 saturated carbocycles. The number of aromatic hydroxyl groups is 1. The average Bonchev–Trinajstić information content (AvgIpc) is 2.38. The lowest BCUT2D eigenvalue weighted by Gasteiger charge is -2.11. The highest BCUT2D eigenvalue weighted by atomic mass is 16.5. The van der Waals surface area contributed by atoms with Crippen molar-refractivity contribution in [3.63, 3.8) is 0 Å². The molecule has 2 aromatic carbocycles. The minimum Gasteiger partial charge on any atom is -0.507 e. The van der Waals surface area contributed by atoms with Gasteiger partial charge in [-0.15, -0.1) is 0 Å². The summed E-state index contributed by atoms with van der Waals surface area (Å²) in [5.41, 5.74) is 1.54. The molecule has 0 unspecified atom stereocenters. The summed E-state index contributed by atoms with van der Waals surface area (Å²) in [7, 11) is 3.21. The summed E-state index contributed by atoms with van der Waals surface area (Å²) in [6, 6.07) is 12.6. The first-order valence-corrected chi connectivity index (χ1v) is 5.26. The predicted octanol–water partition coefficient (Wildman–Crippen LogP) is 3.08. The van der Waals surface area contributed by atoms with Gasteiger partial charge in [0.25, 0.3) is 0 Å². The van der Waals surface area contributed by atoms with Crippen LogP contribution in [0.4, 0.5) is 0 Å². The Morgan fingerprint density at radius 3 is 2.29 bits per heavy atom. The molecule has 0 saturated heterocycles. The highest BCUT2D eigenvalue weighted by Gasteiger charge is 2.10. The molecule has 0 aliphatic heterocycles. The number of phenols is 1. The zero-order valence-corrected chi connectivity index (χ0v) is 9.81. The van der Waals surface area contributed by atoms with Gasteiger partial charge in [-0.2, -0.15) is 0 Å². The number of rotatable bonds is 3. The van der Waals surface area contributed by atoms with Gasteiger partial charge in [-0.25, -0.2) is 0 Å². The maximum atomic E-state index is 9.85. The van der Waals surface area contributed by atoms with Gasteiger partial charge < -0.3 is 14.6 Å².